The van der Waals surface area contributed by atoms with Crippen LogP contribution in [0.1, 0.15) is 24.2 Å². The summed E-state index contributed by atoms with van der Waals surface area (Å²) in [7, 11) is 1.67. The van der Waals surface area contributed by atoms with Gasteiger partial charge >= 0.3 is 0 Å². The van der Waals surface area contributed by atoms with E-state index in [1.54, 1.807) is 14.0 Å². The SMILES string of the molecule is COc1c(I)cc(C(C)O)c(C)c1I. The maximum Gasteiger partial charge on any atom is 0.145 e. The summed E-state index contributed by atoms with van der Waals surface area (Å²) in [5.74, 6) is 0.896. The number of aliphatic hydroxyl groups excluding tert-OH is 1. The molecular formula is C10H12I2O2. The lowest BCUT2D eigenvalue weighted by atomic mass is 10.0. The van der Waals surface area contributed by atoms with Gasteiger partial charge in [0.2, 0.25) is 0 Å². The molecule has 1 atom stereocenters. The molecule has 0 saturated heterocycles. The van der Waals surface area contributed by atoms with Crippen LogP contribution in [0.3, 0.4) is 0 Å². The van der Waals surface area contributed by atoms with E-state index in [4.69, 9.17) is 4.74 Å². The number of benzene rings is 1. The molecule has 0 aliphatic carbocycles. The topological polar surface area (TPSA) is 29.5 Å². The molecule has 2 nitrogen and oxygen atoms in total. The van der Waals surface area contributed by atoms with Crippen molar-refractivity contribution in [3.63, 3.8) is 0 Å². The Balaban J connectivity index is 3.40. The second-order valence-corrected chi connectivity index (χ2v) is 5.34. The minimum atomic E-state index is -0.428. The first kappa shape index (κ1) is 12.5. The van der Waals surface area contributed by atoms with E-state index in [0.717, 1.165) is 24.0 Å². The lowest BCUT2D eigenvalue weighted by molar-refractivity contribution is 0.198. The summed E-state index contributed by atoms with van der Waals surface area (Å²) >= 11 is 4.47. The molecule has 1 unspecified atom stereocenters. The molecule has 0 spiro atoms. The number of ether oxygens (including phenoxy) is 1. The molecule has 4 heteroatoms. The fourth-order valence-corrected chi connectivity index (χ4v) is 3.50. The molecule has 0 amide bonds. The van der Waals surface area contributed by atoms with Gasteiger partial charge in [0.1, 0.15) is 5.75 Å². The smallest absolute Gasteiger partial charge is 0.145 e. The fraction of sp³-hybridized carbons (Fsp3) is 0.400. The first-order valence-corrected chi connectivity index (χ1v) is 6.35. The van der Waals surface area contributed by atoms with E-state index in [9.17, 15) is 5.11 Å². The Morgan fingerprint density at radius 3 is 2.43 bits per heavy atom. The molecule has 0 aliphatic heterocycles. The van der Waals surface area contributed by atoms with Crippen molar-refractivity contribution >= 4 is 45.2 Å². The van der Waals surface area contributed by atoms with Gasteiger partial charge in [-0.1, -0.05) is 0 Å². The van der Waals surface area contributed by atoms with Crippen LogP contribution in [0.25, 0.3) is 0 Å². The molecule has 0 aromatic heterocycles. The Kier molecular flexibility index (Phi) is 4.45. The molecule has 0 heterocycles. The summed E-state index contributed by atoms with van der Waals surface area (Å²) in [6.07, 6.45) is -0.428. The second-order valence-electron chi connectivity index (χ2n) is 3.10. The molecule has 0 saturated carbocycles. The maximum atomic E-state index is 9.57. The highest BCUT2D eigenvalue weighted by Crippen LogP contribution is 2.34. The predicted octanol–water partition coefficient (Wildman–Crippen LogP) is 3.27. The molecule has 78 valence electrons. The summed E-state index contributed by atoms with van der Waals surface area (Å²) in [6, 6.07) is 1.97. The highest BCUT2D eigenvalue weighted by Gasteiger charge is 2.15. The van der Waals surface area contributed by atoms with E-state index < -0.39 is 6.10 Å². The molecule has 1 aromatic carbocycles. The van der Waals surface area contributed by atoms with E-state index >= 15 is 0 Å². The first-order valence-electron chi connectivity index (χ1n) is 4.19. The van der Waals surface area contributed by atoms with Crippen LogP contribution in [0.15, 0.2) is 6.07 Å². The summed E-state index contributed by atoms with van der Waals surface area (Å²) in [4.78, 5) is 0. The van der Waals surface area contributed by atoms with E-state index in [0.29, 0.717) is 0 Å². The highest BCUT2D eigenvalue weighted by atomic mass is 127. The van der Waals surface area contributed by atoms with Gasteiger partial charge in [-0.05, 0) is 76.2 Å². The molecule has 1 rings (SSSR count). The van der Waals surface area contributed by atoms with Gasteiger partial charge in [0, 0.05) is 0 Å². The van der Waals surface area contributed by atoms with Crippen molar-refractivity contribution in [2.24, 2.45) is 0 Å². The molecule has 0 fully saturated rings. The Labute approximate surface area is 111 Å². The van der Waals surface area contributed by atoms with Crippen molar-refractivity contribution in [2.75, 3.05) is 7.11 Å². The predicted molar refractivity (Wildman–Crippen MR) is 73.8 cm³/mol. The minimum Gasteiger partial charge on any atom is -0.495 e. The van der Waals surface area contributed by atoms with Gasteiger partial charge < -0.3 is 9.84 Å². The first-order chi connectivity index (χ1) is 6.49. The van der Waals surface area contributed by atoms with Gasteiger partial charge in [-0.2, -0.15) is 0 Å². The normalized spacial score (nSPS) is 12.7. The molecule has 1 aromatic rings. The van der Waals surface area contributed by atoms with Gasteiger partial charge in [-0.25, -0.2) is 0 Å². The lowest BCUT2D eigenvalue weighted by Crippen LogP contribution is -2.01. The minimum absolute atomic E-state index is 0.428. The Morgan fingerprint density at radius 2 is 2.00 bits per heavy atom. The van der Waals surface area contributed by atoms with Crippen molar-refractivity contribution in [3.05, 3.63) is 24.3 Å². The van der Waals surface area contributed by atoms with Crippen molar-refractivity contribution in [1.82, 2.24) is 0 Å². The quantitative estimate of drug-likeness (QED) is 0.748. The van der Waals surface area contributed by atoms with Crippen molar-refractivity contribution in [3.8, 4) is 5.75 Å². The van der Waals surface area contributed by atoms with E-state index in [-0.39, 0.29) is 0 Å². The number of halogens is 2. The maximum absolute atomic E-state index is 9.57. The van der Waals surface area contributed by atoms with E-state index in [1.165, 1.54) is 0 Å². The summed E-state index contributed by atoms with van der Waals surface area (Å²) < 4.78 is 7.41. The number of methoxy groups -OCH3 is 1. The third-order valence-electron chi connectivity index (χ3n) is 2.11. The Morgan fingerprint density at radius 1 is 1.43 bits per heavy atom. The van der Waals surface area contributed by atoms with Crippen LogP contribution in [-0.2, 0) is 0 Å². The fourth-order valence-electron chi connectivity index (χ4n) is 1.33. The molecule has 0 aliphatic rings. The van der Waals surface area contributed by atoms with Crippen molar-refractivity contribution in [1.29, 1.82) is 0 Å². The summed E-state index contributed by atoms with van der Waals surface area (Å²) in [5.41, 5.74) is 2.07. The van der Waals surface area contributed by atoms with Gasteiger partial charge in [0.25, 0.3) is 0 Å². The number of rotatable bonds is 2. The number of aliphatic hydroxyl groups is 1. The largest absolute Gasteiger partial charge is 0.495 e. The number of hydrogen-bond donors (Lipinski definition) is 1. The number of hydrogen-bond acceptors (Lipinski definition) is 2. The highest BCUT2D eigenvalue weighted by molar-refractivity contribution is 14.1. The molecule has 0 radical (unpaired) electrons. The van der Waals surface area contributed by atoms with Gasteiger partial charge in [0.05, 0.1) is 20.4 Å². The van der Waals surface area contributed by atoms with Crippen molar-refractivity contribution in [2.45, 2.75) is 20.0 Å². The van der Waals surface area contributed by atoms with Gasteiger partial charge in [-0.15, -0.1) is 0 Å². The zero-order valence-corrected chi connectivity index (χ0v) is 12.6. The molecular weight excluding hydrogens is 406 g/mol. The summed E-state index contributed by atoms with van der Waals surface area (Å²) in [6.45, 7) is 3.78. The molecule has 14 heavy (non-hydrogen) atoms. The van der Waals surface area contributed by atoms with Crippen LogP contribution >= 0.6 is 45.2 Å². The second kappa shape index (κ2) is 4.98. The van der Waals surface area contributed by atoms with E-state index in [2.05, 4.69) is 45.2 Å². The lowest BCUT2D eigenvalue weighted by Gasteiger charge is -2.15. The van der Waals surface area contributed by atoms with Crippen LogP contribution in [0.4, 0.5) is 0 Å². The summed E-state index contributed by atoms with van der Waals surface area (Å²) in [5, 5.41) is 9.57. The third-order valence-corrected chi connectivity index (χ3v) is 4.22. The Hall–Kier alpha value is 0.440. The monoisotopic (exact) mass is 418 g/mol. The average molecular weight is 418 g/mol. The molecule has 1 N–H and O–H groups in total. The van der Waals surface area contributed by atoms with Crippen molar-refractivity contribution < 1.29 is 9.84 Å². The zero-order chi connectivity index (χ0) is 10.9. The van der Waals surface area contributed by atoms with Crippen LogP contribution in [0, 0.1) is 14.1 Å². The zero-order valence-electron chi connectivity index (χ0n) is 8.27. The van der Waals surface area contributed by atoms with Crippen LogP contribution < -0.4 is 4.74 Å². The standard InChI is InChI=1S/C10H12I2O2/c1-5-7(6(2)13)4-8(11)10(14-3)9(5)12/h4,6,13H,1-3H3. The third kappa shape index (κ3) is 2.33. The van der Waals surface area contributed by atoms with Crippen LogP contribution in [0.2, 0.25) is 0 Å². The molecule has 0 bridgehead atoms. The van der Waals surface area contributed by atoms with Crippen LogP contribution in [0.5, 0.6) is 5.75 Å². The van der Waals surface area contributed by atoms with Gasteiger partial charge in [-0.3, -0.25) is 0 Å². The van der Waals surface area contributed by atoms with E-state index in [1.807, 2.05) is 13.0 Å². The average Bonchev–Trinajstić information content (AvgIpc) is 2.12. The Bertz CT molecular complexity index is 348. The van der Waals surface area contributed by atoms with Crippen LogP contribution in [-0.4, -0.2) is 12.2 Å². The van der Waals surface area contributed by atoms with Gasteiger partial charge in [0.15, 0.2) is 0 Å².